The van der Waals surface area contributed by atoms with E-state index >= 15 is 0 Å². The average molecular weight is 280 g/mol. The Hall–Kier alpha value is -1.78. The van der Waals surface area contributed by atoms with Gasteiger partial charge in [0.05, 0.1) is 5.69 Å². The molecule has 1 atom stereocenters. The Kier molecular flexibility index (Phi) is 6.28. The first-order valence-corrected chi connectivity index (χ1v) is 6.90. The van der Waals surface area contributed by atoms with E-state index in [0.29, 0.717) is 18.3 Å². The standard InChI is InChI=1S/C15H25FN4/c1-6-11(2)19-15(17-3)18-10-12-7-8-14(20(4)5)13(16)9-12/h7-9,11H,6,10H2,1-5H3,(H2,17,18,19). The Morgan fingerprint density at radius 3 is 2.60 bits per heavy atom. The van der Waals surface area contributed by atoms with Gasteiger partial charge in [0, 0.05) is 33.7 Å². The molecule has 1 aromatic carbocycles. The molecule has 0 aliphatic rings. The lowest BCUT2D eigenvalue weighted by Gasteiger charge is -2.17. The number of hydrogen-bond acceptors (Lipinski definition) is 2. The summed E-state index contributed by atoms with van der Waals surface area (Å²) in [5.41, 5.74) is 1.48. The summed E-state index contributed by atoms with van der Waals surface area (Å²) in [5.74, 6) is 0.524. The van der Waals surface area contributed by atoms with Crippen LogP contribution in [0.15, 0.2) is 23.2 Å². The van der Waals surface area contributed by atoms with E-state index in [0.717, 1.165) is 17.9 Å². The van der Waals surface area contributed by atoms with Gasteiger partial charge in [0.15, 0.2) is 5.96 Å². The zero-order valence-corrected chi connectivity index (χ0v) is 13.0. The molecule has 1 aromatic rings. The molecule has 1 unspecified atom stereocenters. The number of anilines is 1. The highest BCUT2D eigenvalue weighted by Gasteiger charge is 2.06. The third-order valence-corrected chi connectivity index (χ3v) is 3.17. The highest BCUT2D eigenvalue weighted by Crippen LogP contribution is 2.18. The number of guanidine groups is 1. The van der Waals surface area contributed by atoms with Crippen LogP contribution < -0.4 is 15.5 Å². The topological polar surface area (TPSA) is 39.7 Å². The SMILES string of the molecule is CCC(C)NC(=NC)NCc1ccc(N(C)C)c(F)c1. The smallest absolute Gasteiger partial charge is 0.191 e. The third kappa shape index (κ3) is 4.72. The van der Waals surface area contributed by atoms with E-state index in [1.807, 2.05) is 20.2 Å². The monoisotopic (exact) mass is 280 g/mol. The quantitative estimate of drug-likeness (QED) is 0.642. The van der Waals surface area contributed by atoms with Crippen LogP contribution in [0.3, 0.4) is 0 Å². The Morgan fingerprint density at radius 2 is 2.10 bits per heavy atom. The van der Waals surface area contributed by atoms with Crippen LogP contribution in [0.25, 0.3) is 0 Å². The van der Waals surface area contributed by atoms with Crippen molar-refractivity contribution >= 4 is 11.6 Å². The number of hydrogen-bond donors (Lipinski definition) is 2. The summed E-state index contributed by atoms with van der Waals surface area (Å²) < 4.78 is 13.9. The normalized spacial score (nSPS) is 13.0. The van der Waals surface area contributed by atoms with Gasteiger partial charge >= 0.3 is 0 Å². The highest BCUT2D eigenvalue weighted by molar-refractivity contribution is 5.79. The summed E-state index contributed by atoms with van der Waals surface area (Å²) in [4.78, 5) is 5.91. The van der Waals surface area contributed by atoms with Gasteiger partial charge in [-0.05, 0) is 31.0 Å². The lowest BCUT2D eigenvalue weighted by molar-refractivity contribution is 0.617. The molecule has 0 saturated heterocycles. The number of rotatable bonds is 5. The molecule has 0 heterocycles. The molecule has 0 radical (unpaired) electrons. The van der Waals surface area contributed by atoms with Gasteiger partial charge in [-0.1, -0.05) is 13.0 Å². The van der Waals surface area contributed by atoms with Crippen LogP contribution in [0.2, 0.25) is 0 Å². The first kappa shape index (κ1) is 16.3. The summed E-state index contributed by atoms with van der Waals surface area (Å²) in [6.45, 7) is 4.75. The molecule has 0 aromatic heterocycles. The predicted octanol–water partition coefficient (Wildman–Crippen LogP) is 2.36. The Morgan fingerprint density at radius 1 is 1.40 bits per heavy atom. The summed E-state index contributed by atoms with van der Waals surface area (Å²) in [7, 11) is 5.38. The predicted molar refractivity (Wildman–Crippen MR) is 83.8 cm³/mol. The fourth-order valence-corrected chi connectivity index (χ4v) is 1.74. The molecule has 0 saturated carbocycles. The Balaban J connectivity index is 2.63. The van der Waals surface area contributed by atoms with Crippen LogP contribution in [-0.4, -0.2) is 33.1 Å². The van der Waals surface area contributed by atoms with Crippen LogP contribution in [0.4, 0.5) is 10.1 Å². The maximum absolute atomic E-state index is 13.9. The summed E-state index contributed by atoms with van der Waals surface area (Å²) in [6.07, 6.45) is 1.02. The van der Waals surface area contributed by atoms with Gasteiger partial charge in [0.1, 0.15) is 5.82 Å². The molecule has 0 aliphatic heterocycles. The molecule has 20 heavy (non-hydrogen) atoms. The van der Waals surface area contributed by atoms with Crippen molar-refractivity contribution in [3.05, 3.63) is 29.6 Å². The maximum atomic E-state index is 13.9. The van der Waals surface area contributed by atoms with Crippen molar-refractivity contribution in [3.8, 4) is 0 Å². The first-order valence-electron chi connectivity index (χ1n) is 6.90. The molecule has 2 N–H and O–H groups in total. The van der Waals surface area contributed by atoms with Crippen molar-refractivity contribution in [2.24, 2.45) is 4.99 Å². The van der Waals surface area contributed by atoms with Crippen molar-refractivity contribution in [2.45, 2.75) is 32.9 Å². The van der Waals surface area contributed by atoms with Gasteiger partial charge in [-0.25, -0.2) is 4.39 Å². The molecule has 0 spiro atoms. The lowest BCUT2D eigenvalue weighted by atomic mass is 10.2. The van der Waals surface area contributed by atoms with Gasteiger partial charge < -0.3 is 15.5 Å². The van der Waals surface area contributed by atoms with E-state index < -0.39 is 0 Å². The molecule has 1 rings (SSSR count). The Labute approximate surface area is 121 Å². The van der Waals surface area contributed by atoms with Gasteiger partial charge in [0.2, 0.25) is 0 Å². The largest absolute Gasteiger partial charge is 0.375 e. The molecular weight excluding hydrogens is 255 g/mol. The van der Waals surface area contributed by atoms with Gasteiger partial charge in [-0.2, -0.15) is 0 Å². The number of halogens is 1. The molecule has 4 nitrogen and oxygen atoms in total. The second-order valence-corrected chi connectivity index (χ2v) is 5.06. The molecule has 0 fully saturated rings. The number of benzene rings is 1. The second-order valence-electron chi connectivity index (χ2n) is 5.06. The summed E-state index contributed by atoms with van der Waals surface area (Å²) >= 11 is 0. The lowest BCUT2D eigenvalue weighted by Crippen LogP contribution is -2.41. The van der Waals surface area contributed by atoms with E-state index in [-0.39, 0.29) is 5.82 Å². The molecule has 0 bridgehead atoms. The van der Waals surface area contributed by atoms with Gasteiger partial charge in [-0.15, -0.1) is 0 Å². The molecule has 0 amide bonds. The van der Waals surface area contributed by atoms with E-state index in [9.17, 15) is 4.39 Å². The van der Waals surface area contributed by atoms with Crippen molar-refractivity contribution < 1.29 is 4.39 Å². The minimum atomic E-state index is -0.209. The van der Waals surface area contributed by atoms with Crippen molar-refractivity contribution in [2.75, 3.05) is 26.0 Å². The molecule has 0 aliphatic carbocycles. The van der Waals surface area contributed by atoms with E-state index in [1.54, 1.807) is 24.1 Å². The van der Waals surface area contributed by atoms with Crippen LogP contribution in [0, 0.1) is 5.82 Å². The molecular formula is C15H25FN4. The third-order valence-electron chi connectivity index (χ3n) is 3.17. The minimum absolute atomic E-state index is 0.209. The highest BCUT2D eigenvalue weighted by atomic mass is 19.1. The molecule has 112 valence electrons. The average Bonchev–Trinajstić information content (AvgIpc) is 2.42. The number of nitrogens with one attached hydrogen (secondary N) is 2. The van der Waals surface area contributed by atoms with Crippen LogP contribution >= 0.6 is 0 Å². The van der Waals surface area contributed by atoms with Crippen molar-refractivity contribution in [1.29, 1.82) is 0 Å². The van der Waals surface area contributed by atoms with Crippen LogP contribution in [0.5, 0.6) is 0 Å². The minimum Gasteiger partial charge on any atom is -0.375 e. The fourth-order valence-electron chi connectivity index (χ4n) is 1.74. The fraction of sp³-hybridized carbons (Fsp3) is 0.533. The first-order chi connectivity index (χ1) is 9.47. The van der Waals surface area contributed by atoms with E-state index in [2.05, 4.69) is 29.5 Å². The number of aliphatic imine (C=N–C) groups is 1. The van der Waals surface area contributed by atoms with E-state index in [4.69, 9.17) is 0 Å². The molecule has 5 heteroatoms. The van der Waals surface area contributed by atoms with Gasteiger partial charge in [0.25, 0.3) is 0 Å². The number of nitrogens with zero attached hydrogens (tertiary/aromatic N) is 2. The summed E-state index contributed by atoms with van der Waals surface area (Å²) in [5, 5.41) is 6.45. The van der Waals surface area contributed by atoms with E-state index in [1.165, 1.54) is 0 Å². The zero-order valence-electron chi connectivity index (χ0n) is 13.0. The second kappa shape index (κ2) is 7.72. The van der Waals surface area contributed by atoms with Crippen molar-refractivity contribution in [3.63, 3.8) is 0 Å². The summed E-state index contributed by atoms with van der Waals surface area (Å²) in [6, 6.07) is 5.62. The zero-order chi connectivity index (χ0) is 15.1. The van der Waals surface area contributed by atoms with Crippen LogP contribution in [-0.2, 0) is 6.54 Å². The van der Waals surface area contributed by atoms with Crippen LogP contribution in [0.1, 0.15) is 25.8 Å². The maximum Gasteiger partial charge on any atom is 0.191 e. The Bertz CT molecular complexity index is 457. The van der Waals surface area contributed by atoms with Gasteiger partial charge in [-0.3, -0.25) is 4.99 Å². The van der Waals surface area contributed by atoms with Crippen molar-refractivity contribution in [1.82, 2.24) is 10.6 Å².